The minimum absolute atomic E-state index is 0.0720. The number of aryl methyl sites for hydroxylation is 1. The molecule has 0 aromatic heterocycles. The van der Waals surface area contributed by atoms with Crippen LogP contribution < -0.4 is 4.31 Å². The van der Waals surface area contributed by atoms with E-state index in [9.17, 15) is 13.6 Å². The zero-order chi connectivity index (χ0) is 14.7. The number of carboxylic acid groups (broad SMARTS) is 1. The summed E-state index contributed by atoms with van der Waals surface area (Å²) in [6, 6.07) is 12.7. The first kappa shape index (κ1) is 14.2. The predicted octanol–water partition coefficient (Wildman–Crippen LogP) is 2.63. The molecule has 0 saturated carbocycles. The van der Waals surface area contributed by atoms with Crippen LogP contribution in [0.5, 0.6) is 0 Å². The van der Waals surface area contributed by atoms with Crippen molar-refractivity contribution in [3.63, 3.8) is 0 Å². The number of para-hydroxylation sites is 1. The third-order valence-corrected chi connectivity index (χ3v) is 3.48. The second-order valence-corrected chi connectivity index (χ2v) is 4.97. The van der Waals surface area contributed by atoms with Gasteiger partial charge in [-0.1, -0.05) is 29.8 Å². The normalized spacial score (nSPS) is 11.9. The van der Waals surface area contributed by atoms with Crippen LogP contribution in [0.3, 0.4) is 0 Å². The van der Waals surface area contributed by atoms with Crippen LogP contribution in [-0.2, 0) is 11.3 Å². The zero-order valence-corrected chi connectivity index (χ0v) is 11.5. The first-order chi connectivity index (χ1) is 9.50. The molecule has 20 heavy (non-hydrogen) atoms. The topological polar surface area (TPSA) is 80.7 Å². The van der Waals surface area contributed by atoms with E-state index in [1.54, 1.807) is 36.4 Å². The minimum Gasteiger partial charge on any atom is -0.755 e. The molecule has 0 aliphatic rings. The maximum atomic E-state index is 11.5. The van der Waals surface area contributed by atoms with Crippen LogP contribution in [0.1, 0.15) is 15.9 Å². The molecule has 5 nitrogen and oxygen atoms in total. The lowest BCUT2D eigenvalue weighted by atomic mass is 10.1. The average molecular weight is 290 g/mol. The number of nitrogens with zero attached hydrogens (tertiary/aromatic N) is 1. The van der Waals surface area contributed by atoms with E-state index in [0.717, 1.165) is 9.87 Å². The van der Waals surface area contributed by atoms with Gasteiger partial charge in [-0.25, -0.2) is 4.79 Å². The molecule has 1 N–H and O–H groups in total. The van der Waals surface area contributed by atoms with Gasteiger partial charge in [0.1, 0.15) is 0 Å². The summed E-state index contributed by atoms with van der Waals surface area (Å²) >= 11 is -2.62. The summed E-state index contributed by atoms with van der Waals surface area (Å²) < 4.78 is 23.9. The lowest BCUT2D eigenvalue weighted by Crippen LogP contribution is -2.21. The molecule has 2 rings (SSSR count). The van der Waals surface area contributed by atoms with Crippen LogP contribution in [0.4, 0.5) is 11.4 Å². The van der Waals surface area contributed by atoms with Gasteiger partial charge in [0.25, 0.3) is 0 Å². The quantitative estimate of drug-likeness (QED) is 0.878. The third kappa shape index (κ3) is 2.87. The number of anilines is 2. The standard InChI is InChI=1S/C14H13NO4S/c1-10-6-8-11(9-7-10)15(20(18)19)13-5-3-2-4-12(13)14(16)17/h2-9H,1H3,(H,16,17)(H,18,19)/p-1. The molecule has 0 spiro atoms. The Hall–Kier alpha value is -2.18. The van der Waals surface area contributed by atoms with Crippen molar-refractivity contribution in [2.45, 2.75) is 6.92 Å². The van der Waals surface area contributed by atoms with Crippen LogP contribution in [0.25, 0.3) is 0 Å². The van der Waals surface area contributed by atoms with E-state index in [-0.39, 0.29) is 11.3 Å². The zero-order valence-electron chi connectivity index (χ0n) is 10.6. The van der Waals surface area contributed by atoms with Crippen LogP contribution in [-0.4, -0.2) is 19.8 Å². The van der Waals surface area contributed by atoms with E-state index in [4.69, 9.17) is 5.11 Å². The van der Waals surface area contributed by atoms with Crippen molar-refractivity contribution in [2.75, 3.05) is 4.31 Å². The maximum absolute atomic E-state index is 11.5. The van der Waals surface area contributed by atoms with Crippen molar-refractivity contribution in [1.82, 2.24) is 0 Å². The average Bonchev–Trinajstić information content (AvgIpc) is 2.41. The van der Waals surface area contributed by atoms with E-state index in [2.05, 4.69) is 0 Å². The number of rotatable bonds is 4. The van der Waals surface area contributed by atoms with Gasteiger partial charge < -0.3 is 9.66 Å². The summed E-state index contributed by atoms with van der Waals surface area (Å²) in [5, 5.41) is 9.16. The summed E-state index contributed by atoms with van der Waals surface area (Å²) in [6.45, 7) is 1.88. The lowest BCUT2D eigenvalue weighted by Gasteiger charge is -2.27. The molecule has 0 amide bonds. The van der Waals surface area contributed by atoms with Gasteiger partial charge in [-0.15, -0.1) is 0 Å². The van der Waals surface area contributed by atoms with Crippen LogP contribution in [0, 0.1) is 6.92 Å². The van der Waals surface area contributed by atoms with Crippen LogP contribution in [0.2, 0.25) is 0 Å². The Morgan fingerprint density at radius 2 is 1.75 bits per heavy atom. The van der Waals surface area contributed by atoms with Crippen molar-refractivity contribution in [3.8, 4) is 0 Å². The number of hydrogen-bond acceptors (Lipinski definition) is 3. The number of hydrogen-bond donors (Lipinski definition) is 1. The van der Waals surface area contributed by atoms with Crippen molar-refractivity contribution >= 4 is 28.6 Å². The Balaban J connectivity index is 2.58. The molecular formula is C14H12NO4S-. The van der Waals surface area contributed by atoms with Gasteiger partial charge in [-0.2, -0.15) is 0 Å². The molecule has 2 aromatic carbocycles. The number of carbonyl (C=O) groups is 1. The monoisotopic (exact) mass is 290 g/mol. The Kier molecular flexibility index (Phi) is 4.16. The highest BCUT2D eigenvalue weighted by Crippen LogP contribution is 2.30. The molecular weight excluding hydrogens is 278 g/mol. The van der Waals surface area contributed by atoms with E-state index in [1.165, 1.54) is 12.1 Å². The second-order valence-electron chi connectivity index (χ2n) is 4.17. The molecule has 6 heteroatoms. The highest BCUT2D eigenvalue weighted by atomic mass is 32.2. The van der Waals surface area contributed by atoms with Crippen molar-refractivity contribution in [3.05, 3.63) is 59.7 Å². The number of carboxylic acids is 1. The summed E-state index contributed by atoms with van der Waals surface area (Å²) in [5.74, 6) is -1.18. The Labute approximate surface area is 118 Å². The van der Waals surface area contributed by atoms with Gasteiger partial charge in [-0.05, 0) is 31.2 Å². The van der Waals surface area contributed by atoms with Gasteiger partial charge in [-0.3, -0.25) is 8.51 Å². The molecule has 0 heterocycles. The number of benzene rings is 2. The molecule has 104 valence electrons. The van der Waals surface area contributed by atoms with Gasteiger partial charge >= 0.3 is 5.97 Å². The molecule has 1 atom stereocenters. The molecule has 1 unspecified atom stereocenters. The number of aromatic carboxylic acids is 1. The highest BCUT2D eigenvalue weighted by molar-refractivity contribution is 7.81. The Bertz CT molecular complexity index is 654. The maximum Gasteiger partial charge on any atom is 0.337 e. The summed E-state index contributed by atoms with van der Waals surface area (Å²) in [6.07, 6.45) is 0. The van der Waals surface area contributed by atoms with E-state index in [0.29, 0.717) is 5.69 Å². The predicted molar refractivity (Wildman–Crippen MR) is 75.6 cm³/mol. The highest BCUT2D eigenvalue weighted by Gasteiger charge is 2.17. The largest absolute Gasteiger partial charge is 0.755 e. The Morgan fingerprint density at radius 3 is 2.30 bits per heavy atom. The Morgan fingerprint density at radius 1 is 1.15 bits per heavy atom. The van der Waals surface area contributed by atoms with Crippen molar-refractivity contribution in [1.29, 1.82) is 0 Å². The van der Waals surface area contributed by atoms with Gasteiger partial charge in [0.05, 0.1) is 28.2 Å². The molecule has 0 radical (unpaired) electrons. The van der Waals surface area contributed by atoms with E-state index in [1.807, 2.05) is 6.92 Å². The second kappa shape index (κ2) is 5.85. The van der Waals surface area contributed by atoms with Crippen molar-refractivity contribution in [2.24, 2.45) is 0 Å². The van der Waals surface area contributed by atoms with Crippen LogP contribution >= 0.6 is 0 Å². The molecule has 0 fully saturated rings. The fourth-order valence-corrected chi connectivity index (χ4v) is 2.43. The fraction of sp³-hybridized carbons (Fsp3) is 0.0714. The first-order valence-corrected chi connectivity index (χ1v) is 6.82. The third-order valence-electron chi connectivity index (χ3n) is 2.77. The van der Waals surface area contributed by atoms with E-state index >= 15 is 0 Å². The smallest absolute Gasteiger partial charge is 0.337 e. The van der Waals surface area contributed by atoms with Crippen LogP contribution in [0.15, 0.2) is 48.5 Å². The molecule has 0 saturated heterocycles. The van der Waals surface area contributed by atoms with Gasteiger partial charge in [0.15, 0.2) is 0 Å². The SMILES string of the molecule is Cc1ccc(N(c2ccccc2C(=O)O)S(=O)[O-])cc1. The lowest BCUT2D eigenvalue weighted by molar-refractivity contribution is 0.0698. The minimum atomic E-state index is -2.62. The summed E-state index contributed by atoms with van der Waals surface area (Å²) in [5.41, 5.74) is 1.41. The summed E-state index contributed by atoms with van der Waals surface area (Å²) in [4.78, 5) is 11.2. The first-order valence-electron chi connectivity index (χ1n) is 5.79. The molecule has 2 aromatic rings. The van der Waals surface area contributed by atoms with Gasteiger partial charge in [0, 0.05) is 0 Å². The molecule has 0 aliphatic carbocycles. The van der Waals surface area contributed by atoms with E-state index < -0.39 is 17.2 Å². The fourth-order valence-electron chi connectivity index (χ4n) is 1.82. The molecule has 0 aliphatic heterocycles. The van der Waals surface area contributed by atoms with Gasteiger partial charge in [0.2, 0.25) is 0 Å². The van der Waals surface area contributed by atoms with Crippen molar-refractivity contribution < 1.29 is 18.7 Å². The molecule has 0 bridgehead atoms. The summed E-state index contributed by atoms with van der Waals surface area (Å²) in [7, 11) is 0.